The summed E-state index contributed by atoms with van der Waals surface area (Å²) >= 11 is 1.38. The molecule has 2 aliphatic rings. The van der Waals surface area contributed by atoms with Crippen molar-refractivity contribution in [3.05, 3.63) is 28.7 Å². The molecule has 1 fully saturated rings. The molecule has 0 aromatic carbocycles. The van der Waals surface area contributed by atoms with Crippen molar-refractivity contribution in [2.75, 3.05) is 32.8 Å². The van der Waals surface area contributed by atoms with E-state index in [1.807, 2.05) is 6.92 Å². The standard InChI is InChI=1S/C26H34F3N5O3S/c1-18-14-32-24(16-30-18)37-17-23(35)31-15-20-4-2-19(3-5-20)6-10-34-11-7-21-22(8-12-34)38-25(33-21)36-13-9-26(27,28)29/h14-16,19-20H,2-13,17H2,1H3/b31-15-. The van der Waals surface area contributed by atoms with Crippen LogP contribution >= 0.6 is 11.3 Å². The van der Waals surface area contributed by atoms with Crippen molar-refractivity contribution in [3.63, 3.8) is 0 Å². The summed E-state index contributed by atoms with van der Waals surface area (Å²) in [5.41, 5.74) is 1.75. The molecular formula is C26H34F3N5O3S. The molecule has 0 unspecified atom stereocenters. The van der Waals surface area contributed by atoms with E-state index >= 15 is 0 Å². The number of thiazole rings is 1. The minimum Gasteiger partial charge on any atom is -0.470 e. The first-order valence-corrected chi connectivity index (χ1v) is 13.9. The lowest BCUT2D eigenvalue weighted by Crippen LogP contribution is -2.29. The number of ether oxygens (including phenoxy) is 2. The summed E-state index contributed by atoms with van der Waals surface area (Å²) in [5, 5.41) is 0.350. The van der Waals surface area contributed by atoms with Crippen molar-refractivity contribution < 1.29 is 27.4 Å². The van der Waals surface area contributed by atoms with Gasteiger partial charge < -0.3 is 14.4 Å². The van der Waals surface area contributed by atoms with Crippen LogP contribution in [0, 0.1) is 18.8 Å². The number of aliphatic imine (C=N–C) groups is 1. The van der Waals surface area contributed by atoms with E-state index in [1.54, 1.807) is 12.4 Å². The lowest BCUT2D eigenvalue weighted by molar-refractivity contribution is -0.139. The molecule has 0 spiro atoms. The third-order valence-corrected chi connectivity index (χ3v) is 8.03. The fraction of sp³-hybridized carbons (Fsp3) is 0.654. The van der Waals surface area contributed by atoms with Crippen molar-refractivity contribution in [1.29, 1.82) is 0 Å². The zero-order valence-electron chi connectivity index (χ0n) is 21.6. The molecule has 12 heteroatoms. The molecule has 0 bridgehead atoms. The van der Waals surface area contributed by atoms with Crippen LogP contribution in [0.5, 0.6) is 11.1 Å². The summed E-state index contributed by atoms with van der Waals surface area (Å²) < 4.78 is 47.6. The third-order valence-electron chi connectivity index (χ3n) is 6.96. The van der Waals surface area contributed by atoms with Crippen LogP contribution in [0.25, 0.3) is 0 Å². The Morgan fingerprint density at radius 2 is 1.95 bits per heavy atom. The molecule has 0 saturated heterocycles. The Kier molecular flexibility index (Phi) is 10.1. The molecular weight excluding hydrogens is 519 g/mol. The molecule has 2 aromatic rings. The second-order valence-corrected chi connectivity index (χ2v) is 11.0. The fourth-order valence-electron chi connectivity index (χ4n) is 4.73. The number of alkyl halides is 3. The van der Waals surface area contributed by atoms with Gasteiger partial charge in [0.1, 0.15) is 0 Å². The highest BCUT2D eigenvalue weighted by Gasteiger charge is 2.27. The van der Waals surface area contributed by atoms with Gasteiger partial charge in [-0.05, 0) is 63.8 Å². The number of aryl methyl sites for hydroxylation is 1. The molecule has 1 amide bonds. The second-order valence-electron chi connectivity index (χ2n) is 9.93. The van der Waals surface area contributed by atoms with Gasteiger partial charge >= 0.3 is 6.18 Å². The molecule has 208 valence electrons. The number of nitrogens with zero attached hydrogens (tertiary/aromatic N) is 5. The van der Waals surface area contributed by atoms with Crippen molar-refractivity contribution >= 4 is 23.5 Å². The summed E-state index contributed by atoms with van der Waals surface area (Å²) in [6.07, 6.45) is 6.80. The molecule has 0 atom stereocenters. The minimum absolute atomic E-state index is 0.145. The first kappa shape index (κ1) is 28.4. The van der Waals surface area contributed by atoms with E-state index in [1.165, 1.54) is 17.5 Å². The number of rotatable bonds is 10. The van der Waals surface area contributed by atoms with E-state index < -0.39 is 12.6 Å². The molecule has 0 N–H and O–H groups in total. The van der Waals surface area contributed by atoms with Crippen LogP contribution in [0.2, 0.25) is 0 Å². The van der Waals surface area contributed by atoms with E-state index in [9.17, 15) is 18.0 Å². The molecule has 3 heterocycles. The number of fused-ring (bicyclic) bond motifs is 1. The summed E-state index contributed by atoms with van der Waals surface area (Å²) in [7, 11) is 0. The number of aromatic nitrogens is 3. The Morgan fingerprint density at radius 1 is 1.16 bits per heavy atom. The predicted molar refractivity (Wildman–Crippen MR) is 138 cm³/mol. The van der Waals surface area contributed by atoms with Gasteiger partial charge in [0.05, 0.1) is 36.8 Å². The fourth-order valence-corrected chi connectivity index (χ4v) is 5.70. The number of amides is 1. The van der Waals surface area contributed by atoms with E-state index in [0.717, 1.165) is 80.8 Å². The van der Waals surface area contributed by atoms with E-state index in [2.05, 4.69) is 24.8 Å². The normalized spacial score (nSPS) is 20.7. The zero-order valence-corrected chi connectivity index (χ0v) is 22.4. The van der Waals surface area contributed by atoms with Crippen LogP contribution < -0.4 is 9.47 Å². The first-order valence-electron chi connectivity index (χ1n) is 13.1. The highest BCUT2D eigenvalue weighted by atomic mass is 32.1. The summed E-state index contributed by atoms with van der Waals surface area (Å²) in [5.74, 6) is 0.985. The van der Waals surface area contributed by atoms with Gasteiger partial charge in [0, 0.05) is 30.6 Å². The van der Waals surface area contributed by atoms with Crippen molar-refractivity contribution in [1.82, 2.24) is 19.9 Å². The van der Waals surface area contributed by atoms with Gasteiger partial charge in [0.25, 0.3) is 11.1 Å². The molecule has 38 heavy (non-hydrogen) atoms. The summed E-state index contributed by atoms with van der Waals surface area (Å²) in [6.45, 7) is 4.16. The molecule has 2 aromatic heterocycles. The highest BCUT2D eigenvalue weighted by Crippen LogP contribution is 2.32. The second kappa shape index (κ2) is 13.5. The zero-order chi connectivity index (χ0) is 27.0. The maximum atomic E-state index is 12.3. The third kappa shape index (κ3) is 9.30. The van der Waals surface area contributed by atoms with Gasteiger partial charge in [0.2, 0.25) is 5.88 Å². The average molecular weight is 554 g/mol. The topological polar surface area (TPSA) is 89.8 Å². The van der Waals surface area contributed by atoms with Crippen LogP contribution in [-0.4, -0.2) is 71.0 Å². The van der Waals surface area contributed by atoms with E-state index in [4.69, 9.17) is 9.47 Å². The van der Waals surface area contributed by atoms with E-state index in [0.29, 0.717) is 22.9 Å². The van der Waals surface area contributed by atoms with Crippen molar-refractivity contribution in [3.8, 4) is 11.1 Å². The molecule has 4 rings (SSSR count). The van der Waals surface area contributed by atoms with Crippen LogP contribution in [0.3, 0.4) is 0 Å². The van der Waals surface area contributed by atoms with Gasteiger partial charge in [-0.25, -0.2) is 15.0 Å². The molecule has 8 nitrogen and oxygen atoms in total. The number of hydrogen-bond donors (Lipinski definition) is 0. The lowest BCUT2D eigenvalue weighted by Gasteiger charge is -2.28. The quantitative estimate of drug-likeness (QED) is 0.389. The van der Waals surface area contributed by atoms with Crippen molar-refractivity contribution in [2.24, 2.45) is 16.8 Å². The van der Waals surface area contributed by atoms with Crippen LogP contribution in [0.1, 0.15) is 54.8 Å². The molecule has 1 aliphatic carbocycles. The van der Waals surface area contributed by atoms with Crippen LogP contribution in [-0.2, 0) is 17.6 Å². The van der Waals surface area contributed by atoms with Gasteiger partial charge in [0.15, 0.2) is 6.61 Å². The predicted octanol–water partition coefficient (Wildman–Crippen LogP) is 4.85. The Hall–Kier alpha value is -2.60. The SMILES string of the molecule is Cc1cnc(OCC(=O)/N=C\C2CCC(CCN3CCc4nc(OCCC(F)(F)F)sc4CC3)CC2)cn1. The average Bonchev–Trinajstić information content (AvgIpc) is 3.18. The minimum atomic E-state index is -4.21. The Bertz CT molecular complexity index is 1040. The number of hydrogen-bond acceptors (Lipinski definition) is 8. The van der Waals surface area contributed by atoms with Gasteiger partial charge in [-0.3, -0.25) is 9.78 Å². The summed E-state index contributed by atoms with van der Waals surface area (Å²) in [6, 6.07) is 0. The first-order chi connectivity index (χ1) is 18.2. The Balaban J connectivity index is 1.10. The van der Waals surface area contributed by atoms with Crippen LogP contribution in [0.15, 0.2) is 17.4 Å². The smallest absolute Gasteiger partial charge is 0.392 e. The summed E-state index contributed by atoms with van der Waals surface area (Å²) in [4.78, 5) is 32.3. The maximum absolute atomic E-state index is 12.3. The number of halogens is 3. The van der Waals surface area contributed by atoms with Gasteiger partial charge in [-0.1, -0.05) is 11.3 Å². The monoisotopic (exact) mass is 553 g/mol. The number of carbonyl (C=O) groups is 1. The van der Waals surface area contributed by atoms with Crippen molar-refractivity contribution in [2.45, 2.75) is 64.5 Å². The molecule has 0 radical (unpaired) electrons. The highest BCUT2D eigenvalue weighted by molar-refractivity contribution is 7.13. The maximum Gasteiger partial charge on any atom is 0.392 e. The lowest BCUT2D eigenvalue weighted by atomic mass is 9.81. The van der Waals surface area contributed by atoms with Gasteiger partial charge in [-0.15, -0.1) is 0 Å². The van der Waals surface area contributed by atoms with Crippen LogP contribution in [0.4, 0.5) is 13.2 Å². The van der Waals surface area contributed by atoms with E-state index in [-0.39, 0.29) is 19.1 Å². The Labute approximate surface area is 224 Å². The van der Waals surface area contributed by atoms with Gasteiger partial charge in [-0.2, -0.15) is 13.2 Å². The molecule has 1 aliphatic heterocycles. The Morgan fingerprint density at radius 3 is 2.68 bits per heavy atom. The largest absolute Gasteiger partial charge is 0.470 e. The molecule has 1 saturated carbocycles. The number of carbonyl (C=O) groups excluding carboxylic acids is 1.